The molecule has 152 valence electrons. The molecule has 2 N–H and O–H groups in total. The summed E-state index contributed by atoms with van der Waals surface area (Å²) in [6.07, 6.45) is 8.76. The molecule has 0 heterocycles. The highest BCUT2D eigenvalue weighted by atomic mass is 16.5. The number of ether oxygens (including phenoxy) is 1. The largest absolute Gasteiger partial charge is 0.494 e. The Morgan fingerprint density at radius 2 is 1.57 bits per heavy atom. The first kappa shape index (κ1) is 22.0. The molecular weight excluding hydrogens is 350 g/mol. The number of aliphatic carboxylic acids is 1. The van der Waals surface area contributed by atoms with Crippen molar-refractivity contribution in [1.82, 2.24) is 5.32 Å². The maximum Gasteiger partial charge on any atom is 0.304 e. The zero-order chi connectivity index (χ0) is 19.9. The van der Waals surface area contributed by atoms with E-state index < -0.39 is 5.97 Å². The van der Waals surface area contributed by atoms with Crippen molar-refractivity contribution in [3.05, 3.63) is 65.7 Å². The van der Waals surface area contributed by atoms with Crippen molar-refractivity contribution in [3.8, 4) is 5.75 Å². The predicted molar refractivity (Wildman–Crippen MR) is 114 cm³/mol. The smallest absolute Gasteiger partial charge is 0.304 e. The van der Waals surface area contributed by atoms with E-state index in [0.717, 1.165) is 24.3 Å². The van der Waals surface area contributed by atoms with Gasteiger partial charge in [0.2, 0.25) is 0 Å². The minimum absolute atomic E-state index is 0.141. The molecule has 0 bridgehead atoms. The van der Waals surface area contributed by atoms with E-state index >= 15 is 0 Å². The molecule has 0 radical (unpaired) electrons. The van der Waals surface area contributed by atoms with Gasteiger partial charge in [0.1, 0.15) is 5.75 Å². The third kappa shape index (κ3) is 10.1. The van der Waals surface area contributed by atoms with Gasteiger partial charge < -0.3 is 15.2 Å². The second-order valence-electron chi connectivity index (χ2n) is 7.17. The lowest BCUT2D eigenvalue weighted by Crippen LogP contribution is -2.17. The Bertz CT molecular complexity index is 673. The monoisotopic (exact) mass is 383 g/mol. The van der Waals surface area contributed by atoms with Crippen LogP contribution in [0, 0.1) is 0 Å². The van der Waals surface area contributed by atoms with Crippen molar-refractivity contribution in [1.29, 1.82) is 0 Å². The second kappa shape index (κ2) is 13.8. The minimum Gasteiger partial charge on any atom is -0.494 e. The molecule has 2 rings (SSSR count). The summed E-state index contributed by atoms with van der Waals surface area (Å²) in [6.45, 7) is 1.89. The molecule has 0 aliphatic heterocycles. The number of nitrogens with one attached hydrogen (secondary N) is 1. The molecule has 4 nitrogen and oxygen atoms in total. The van der Waals surface area contributed by atoms with Gasteiger partial charge in [-0.1, -0.05) is 68.1 Å². The fraction of sp³-hybridized carbons (Fsp3) is 0.458. The Labute approximate surface area is 168 Å². The minimum atomic E-state index is -0.777. The highest BCUT2D eigenvalue weighted by Crippen LogP contribution is 2.15. The molecule has 28 heavy (non-hydrogen) atoms. The van der Waals surface area contributed by atoms with E-state index in [2.05, 4.69) is 35.6 Å². The summed E-state index contributed by atoms with van der Waals surface area (Å²) < 4.78 is 5.85. The van der Waals surface area contributed by atoms with Gasteiger partial charge in [-0.3, -0.25) is 4.79 Å². The number of hydrogen-bond donors (Lipinski definition) is 2. The number of aryl methyl sites for hydroxylation is 1. The number of carboxylic acids is 1. The van der Waals surface area contributed by atoms with E-state index in [0.29, 0.717) is 13.1 Å². The SMILES string of the molecule is O=C(O)CCNCc1cccc(OCCCCCCCCc2ccccc2)c1. The quantitative estimate of drug-likeness (QED) is 0.414. The molecule has 2 aromatic carbocycles. The molecule has 0 unspecified atom stereocenters. The Morgan fingerprint density at radius 1 is 0.857 bits per heavy atom. The number of hydrogen-bond acceptors (Lipinski definition) is 3. The van der Waals surface area contributed by atoms with Crippen molar-refractivity contribution in [3.63, 3.8) is 0 Å². The van der Waals surface area contributed by atoms with Gasteiger partial charge in [0.05, 0.1) is 13.0 Å². The lowest BCUT2D eigenvalue weighted by atomic mass is 10.1. The Balaban J connectivity index is 1.48. The van der Waals surface area contributed by atoms with E-state index in [1.807, 2.05) is 24.3 Å². The summed E-state index contributed by atoms with van der Waals surface area (Å²) in [5.41, 5.74) is 2.55. The summed E-state index contributed by atoms with van der Waals surface area (Å²) in [5.74, 6) is 0.112. The van der Waals surface area contributed by atoms with Crippen LogP contribution in [0.25, 0.3) is 0 Å². The van der Waals surface area contributed by atoms with Crippen LogP contribution in [0.15, 0.2) is 54.6 Å². The summed E-state index contributed by atoms with van der Waals surface area (Å²) in [7, 11) is 0. The first-order valence-electron chi connectivity index (χ1n) is 10.4. The second-order valence-corrected chi connectivity index (χ2v) is 7.17. The molecular formula is C24H33NO3. The first-order chi connectivity index (χ1) is 13.7. The maximum atomic E-state index is 10.5. The number of unbranched alkanes of at least 4 members (excludes halogenated alkanes) is 5. The molecule has 2 aromatic rings. The van der Waals surface area contributed by atoms with Crippen molar-refractivity contribution in [2.45, 2.75) is 57.9 Å². The lowest BCUT2D eigenvalue weighted by molar-refractivity contribution is -0.136. The van der Waals surface area contributed by atoms with Gasteiger partial charge in [-0.25, -0.2) is 0 Å². The van der Waals surface area contributed by atoms with Crippen LogP contribution in [0.3, 0.4) is 0 Å². The summed E-state index contributed by atoms with van der Waals surface area (Å²) in [4.78, 5) is 10.5. The summed E-state index contributed by atoms with van der Waals surface area (Å²) in [5, 5.41) is 11.8. The molecule has 0 aliphatic carbocycles. The highest BCUT2D eigenvalue weighted by molar-refractivity contribution is 5.66. The molecule has 0 amide bonds. The molecule has 0 saturated heterocycles. The zero-order valence-corrected chi connectivity index (χ0v) is 16.7. The number of benzene rings is 2. The fourth-order valence-electron chi connectivity index (χ4n) is 3.15. The van der Waals surface area contributed by atoms with Gasteiger partial charge in [0, 0.05) is 13.1 Å². The van der Waals surface area contributed by atoms with Crippen LogP contribution in [-0.4, -0.2) is 24.2 Å². The van der Waals surface area contributed by atoms with E-state index in [1.165, 1.54) is 44.1 Å². The van der Waals surface area contributed by atoms with Crippen LogP contribution in [-0.2, 0) is 17.8 Å². The molecule has 0 aromatic heterocycles. The molecule has 0 atom stereocenters. The normalized spacial score (nSPS) is 10.7. The van der Waals surface area contributed by atoms with Gasteiger partial charge in [0.25, 0.3) is 0 Å². The first-order valence-corrected chi connectivity index (χ1v) is 10.4. The van der Waals surface area contributed by atoms with Crippen LogP contribution in [0.4, 0.5) is 0 Å². The topological polar surface area (TPSA) is 58.6 Å². The van der Waals surface area contributed by atoms with Crippen molar-refractivity contribution in [2.75, 3.05) is 13.2 Å². The fourth-order valence-corrected chi connectivity index (χ4v) is 3.15. The Kier molecular flexibility index (Phi) is 10.8. The van der Waals surface area contributed by atoms with Crippen LogP contribution in [0.5, 0.6) is 5.75 Å². The average Bonchev–Trinajstić information content (AvgIpc) is 2.71. The van der Waals surface area contributed by atoms with Crippen LogP contribution >= 0.6 is 0 Å². The maximum absolute atomic E-state index is 10.5. The number of rotatable bonds is 15. The van der Waals surface area contributed by atoms with Crippen molar-refractivity contribution in [2.24, 2.45) is 0 Å². The van der Waals surface area contributed by atoms with E-state index in [9.17, 15) is 4.79 Å². The average molecular weight is 384 g/mol. The zero-order valence-electron chi connectivity index (χ0n) is 16.7. The van der Waals surface area contributed by atoms with Crippen LogP contribution in [0.1, 0.15) is 56.1 Å². The number of carboxylic acid groups (broad SMARTS) is 1. The molecule has 0 saturated carbocycles. The molecule has 0 fully saturated rings. The predicted octanol–water partition coefficient (Wildman–Crippen LogP) is 5.21. The van der Waals surface area contributed by atoms with Gasteiger partial charge in [-0.2, -0.15) is 0 Å². The van der Waals surface area contributed by atoms with Gasteiger partial charge in [-0.05, 0) is 42.5 Å². The van der Waals surface area contributed by atoms with E-state index in [1.54, 1.807) is 0 Å². The summed E-state index contributed by atoms with van der Waals surface area (Å²) >= 11 is 0. The van der Waals surface area contributed by atoms with Crippen LogP contribution in [0.2, 0.25) is 0 Å². The van der Waals surface area contributed by atoms with E-state index in [4.69, 9.17) is 9.84 Å². The van der Waals surface area contributed by atoms with E-state index in [-0.39, 0.29) is 6.42 Å². The van der Waals surface area contributed by atoms with Gasteiger partial charge >= 0.3 is 5.97 Å². The van der Waals surface area contributed by atoms with Gasteiger partial charge in [-0.15, -0.1) is 0 Å². The Hall–Kier alpha value is -2.33. The van der Waals surface area contributed by atoms with Crippen molar-refractivity contribution < 1.29 is 14.6 Å². The highest BCUT2D eigenvalue weighted by Gasteiger charge is 2.00. The summed E-state index contributed by atoms with van der Waals surface area (Å²) in [6, 6.07) is 18.7. The molecule has 0 spiro atoms. The van der Waals surface area contributed by atoms with Crippen molar-refractivity contribution >= 4 is 5.97 Å². The lowest BCUT2D eigenvalue weighted by Gasteiger charge is -2.09. The number of carbonyl (C=O) groups is 1. The third-order valence-electron chi connectivity index (χ3n) is 4.71. The molecule has 0 aliphatic rings. The Morgan fingerprint density at radius 3 is 2.36 bits per heavy atom. The molecule has 4 heteroatoms. The van der Waals surface area contributed by atoms with Gasteiger partial charge in [0.15, 0.2) is 0 Å². The third-order valence-corrected chi connectivity index (χ3v) is 4.71. The standard InChI is InChI=1S/C24H33NO3/c26-24(27)16-17-25-20-22-14-10-15-23(19-22)28-18-9-4-2-1-3-6-11-21-12-7-5-8-13-21/h5,7-8,10,12-15,19,25H,1-4,6,9,11,16-18,20H2,(H,26,27). The van der Waals surface area contributed by atoms with Crippen LogP contribution < -0.4 is 10.1 Å².